The van der Waals surface area contributed by atoms with Gasteiger partial charge in [0.2, 0.25) is 0 Å². The monoisotopic (exact) mass is 439 g/mol. The molecule has 1 aliphatic rings. The van der Waals surface area contributed by atoms with E-state index in [0.717, 1.165) is 37.8 Å². The number of aromatic nitrogens is 2. The summed E-state index contributed by atoms with van der Waals surface area (Å²) in [7, 11) is 0. The molecule has 6 heteroatoms. The summed E-state index contributed by atoms with van der Waals surface area (Å²) >= 11 is 0. The predicted octanol–water partition coefficient (Wildman–Crippen LogP) is 5.59. The van der Waals surface area contributed by atoms with Crippen LogP contribution in [0.25, 0.3) is 22.0 Å². The highest BCUT2D eigenvalue weighted by Crippen LogP contribution is 2.27. The first kappa shape index (κ1) is 22.6. The van der Waals surface area contributed by atoms with Crippen LogP contribution in [0.1, 0.15) is 52.3 Å². The molecule has 0 amide bonds. The molecule has 32 heavy (non-hydrogen) atoms. The average molecular weight is 440 g/mol. The van der Waals surface area contributed by atoms with Gasteiger partial charge < -0.3 is 4.90 Å². The van der Waals surface area contributed by atoms with Crippen LogP contribution in [0.4, 0.5) is 8.78 Å². The predicted molar refractivity (Wildman–Crippen MR) is 125 cm³/mol. The zero-order chi connectivity index (χ0) is 23.0. The summed E-state index contributed by atoms with van der Waals surface area (Å²) in [4.78, 5) is 20.9. The van der Waals surface area contributed by atoms with E-state index in [0.29, 0.717) is 35.0 Å². The topological polar surface area (TPSA) is 38.1 Å². The minimum Gasteiger partial charge on any atom is -0.301 e. The van der Waals surface area contributed by atoms with Gasteiger partial charge in [-0.05, 0) is 69.0 Å². The zero-order valence-electron chi connectivity index (χ0n) is 19.2. The molecule has 1 fully saturated rings. The lowest BCUT2D eigenvalue weighted by molar-refractivity contribution is 0.129. The van der Waals surface area contributed by atoms with Gasteiger partial charge in [0.25, 0.3) is 5.56 Å². The van der Waals surface area contributed by atoms with Crippen LogP contribution in [0, 0.1) is 17.6 Å². The number of hydrogen-bond donors (Lipinski definition) is 0. The van der Waals surface area contributed by atoms with E-state index >= 15 is 0 Å². The van der Waals surface area contributed by atoms with Gasteiger partial charge in [0.05, 0.1) is 10.9 Å². The zero-order valence-corrected chi connectivity index (χ0v) is 19.2. The van der Waals surface area contributed by atoms with Crippen molar-refractivity contribution in [3.63, 3.8) is 0 Å². The maximum Gasteiger partial charge on any atom is 0.261 e. The molecule has 3 aromatic rings. The molecule has 0 spiro atoms. The highest BCUT2D eigenvalue weighted by atomic mass is 19.1. The Labute approximate surface area is 187 Å². The van der Waals surface area contributed by atoms with Crippen LogP contribution in [-0.4, -0.2) is 33.6 Å². The molecular weight excluding hydrogens is 408 g/mol. The third-order valence-electron chi connectivity index (χ3n) is 6.46. The number of hydrogen-bond acceptors (Lipinski definition) is 3. The standard InChI is InChI=1S/C26H31F2N3O/c1-16(2)25-29-24-10-7-19(21-9-8-20(27)13-23(21)28)12-22(24)26(32)31(25)15-18-6-5-11-30(14-18)17(3)4/h7-10,12-13,16-18H,5-6,11,14-15H2,1-4H3/t18-/m0/s1. The van der Waals surface area contributed by atoms with Crippen molar-refractivity contribution in [3.8, 4) is 11.1 Å². The summed E-state index contributed by atoms with van der Waals surface area (Å²) < 4.78 is 29.5. The van der Waals surface area contributed by atoms with Crippen molar-refractivity contribution in [1.29, 1.82) is 0 Å². The molecule has 4 nitrogen and oxygen atoms in total. The summed E-state index contributed by atoms with van der Waals surface area (Å²) in [5.41, 5.74) is 1.33. The van der Waals surface area contributed by atoms with Gasteiger partial charge in [-0.15, -0.1) is 0 Å². The smallest absolute Gasteiger partial charge is 0.261 e. The molecule has 0 aliphatic carbocycles. The summed E-state index contributed by atoms with van der Waals surface area (Å²) in [6, 6.07) is 9.16. The number of piperidine rings is 1. The highest BCUT2D eigenvalue weighted by Gasteiger charge is 2.24. The normalized spacial score (nSPS) is 17.6. The molecule has 1 atom stereocenters. The molecule has 0 unspecified atom stereocenters. The largest absolute Gasteiger partial charge is 0.301 e. The van der Waals surface area contributed by atoms with Gasteiger partial charge >= 0.3 is 0 Å². The molecule has 1 aromatic heterocycles. The van der Waals surface area contributed by atoms with Gasteiger partial charge in [-0.1, -0.05) is 19.9 Å². The Morgan fingerprint density at radius 2 is 1.88 bits per heavy atom. The number of benzene rings is 2. The van der Waals surface area contributed by atoms with Gasteiger partial charge in [-0.2, -0.15) is 0 Å². The Bertz CT molecular complexity index is 1190. The van der Waals surface area contributed by atoms with Crippen molar-refractivity contribution in [2.24, 2.45) is 5.92 Å². The molecule has 0 bridgehead atoms. The minimum atomic E-state index is -0.646. The maximum absolute atomic E-state index is 14.4. The molecule has 0 saturated carbocycles. The lowest BCUT2D eigenvalue weighted by Crippen LogP contribution is -2.42. The Kier molecular flexibility index (Phi) is 6.42. The van der Waals surface area contributed by atoms with Gasteiger partial charge in [0, 0.05) is 36.7 Å². The molecule has 0 radical (unpaired) electrons. The van der Waals surface area contributed by atoms with Crippen LogP contribution >= 0.6 is 0 Å². The van der Waals surface area contributed by atoms with E-state index in [-0.39, 0.29) is 17.0 Å². The Balaban J connectivity index is 1.78. The lowest BCUT2D eigenvalue weighted by atomic mass is 9.96. The van der Waals surface area contributed by atoms with Gasteiger partial charge in [-0.25, -0.2) is 13.8 Å². The van der Waals surface area contributed by atoms with Gasteiger partial charge in [0.15, 0.2) is 0 Å². The number of rotatable bonds is 5. The van der Waals surface area contributed by atoms with E-state index in [4.69, 9.17) is 4.98 Å². The van der Waals surface area contributed by atoms with Gasteiger partial charge in [0.1, 0.15) is 17.5 Å². The third kappa shape index (κ3) is 4.46. The van der Waals surface area contributed by atoms with Crippen LogP contribution in [0.15, 0.2) is 41.2 Å². The summed E-state index contributed by atoms with van der Waals surface area (Å²) in [6.07, 6.45) is 2.22. The fourth-order valence-electron chi connectivity index (χ4n) is 4.72. The molecule has 0 N–H and O–H groups in total. The number of nitrogens with zero attached hydrogens (tertiary/aromatic N) is 3. The molecule has 1 saturated heterocycles. The first-order chi connectivity index (χ1) is 15.2. The average Bonchev–Trinajstić information content (AvgIpc) is 2.75. The highest BCUT2D eigenvalue weighted by molar-refractivity contribution is 5.84. The van der Waals surface area contributed by atoms with Crippen molar-refractivity contribution in [1.82, 2.24) is 14.5 Å². The molecule has 1 aliphatic heterocycles. The second kappa shape index (κ2) is 9.10. The van der Waals surface area contributed by atoms with E-state index < -0.39 is 11.6 Å². The maximum atomic E-state index is 14.4. The van der Waals surface area contributed by atoms with Crippen molar-refractivity contribution in [3.05, 3.63) is 64.2 Å². The number of fused-ring (bicyclic) bond motifs is 1. The van der Waals surface area contributed by atoms with Crippen LogP contribution in [0.2, 0.25) is 0 Å². The molecular formula is C26H31F2N3O. The van der Waals surface area contributed by atoms with Crippen molar-refractivity contribution in [2.45, 2.75) is 59.0 Å². The van der Waals surface area contributed by atoms with Crippen molar-refractivity contribution >= 4 is 10.9 Å². The second-order valence-electron chi connectivity index (χ2n) is 9.49. The van der Waals surface area contributed by atoms with E-state index in [1.165, 1.54) is 12.1 Å². The number of likely N-dealkylation sites (tertiary alicyclic amines) is 1. The Hall–Kier alpha value is -2.60. The Morgan fingerprint density at radius 1 is 1.09 bits per heavy atom. The molecule has 170 valence electrons. The van der Waals surface area contributed by atoms with E-state index in [1.54, 1.807) is 18.2 Å². The number of halogens is 2. The van der Waals surface area contributed by atoms with Crippen LogP contribution in [0.5, 0.6) is 0 Å². The Morgan fingerprint density at radius 3 is 2.56 bits per heavy atom. The summed E-state index contributed by atoms with van der Waals surface area (Å²) in [5, 5.41) is 0.465. The lowest BCUT2D eigenvalue weighted by Gasteiger charge is -2.36. The van der Waals surface area contributed by atoms with Gasteiger partial charge in [-0.3, -0.25) is 9.36 Å². The first-order valence-electron chi connectivity index (χ1n) is 11.5. The first-order valence-corrected chi connectivity index (χ1v) is 11.5. The summed E-state index contributed by atoms with van der Waals surface area (Å²) in [6.45, 7) is 11.2. The van der Waals surface area contributed by atoms with E-state index in [9.17, 15) is 13.6 Å². The van der Waals surface area contributed by atoms with Crippen LogP contribution < -0.4 is 5.56 Å². The van der Waals surface area contributed by atoms with Crippen molar-refractivity contribution in [2.75, 3.05) is 13.1 Å². The van der Waals surface area contributed by atoms with E-state index in [1.807, 2.05) is 18.4 Å². The van der Waals surface area contributed by atoms with Crippen molar-refractivity contribution < 1.29 is 8.78 Å². The fraction of sp³-hybridized carbons (Fsp3) is 0.462. The SMILES string of the molecule is CC(C)c1nc2ccc(-c3ccc(F)cc3F)cc2c(=O)n1C[C@H]1CCCN(C(C)C)C1. The minimum absolute atomic E-state index is 0.0928. The molecule has 2 aromatic carbocycles. The fourth-order valence-corrected chi connectivity index (χ4v) is 4.72. The van der Waals surface area contributed by atoms with Crippen LogP contribution in [-0.2, 0) is 6.54 Å². The second-order valence-corrected chi connectivity index (χ2v) is 9.49. The molecule has 2 heterocycles. The van der Waals surface area contributed by atoms with Crippen LogP contribution in [0.3, 0.4) is 0 Å². The summed E-state index contributed by atoms with van der Waals surface area (Å²) in [5.74, 6) is 0.00213. The third-order valence-corrected chi connectivity index (χ3v) is 6.46. The van der Waals surface area contributed by atoms with E-state index in [2.05, 4.69) is 18.7 Å². The molecule has 4 rings (SSSR count). The quantitative estimate of drug-likeness (QED) is 0.520.